The van der Waals surface area contributed by atoms with Crippen LogP contribution < -0.4 is 9.47 Å². The third kappa shape index (κ3) is 1.05. The van der Waals surface area contributed by atoms with Gasteiger partial charge in [0.2, 0.25) is 0 Å². The molecule has 5 rings (SSSR count). The van der Waals surface area contributed by atoms with Gasteiger partial charge in [0.15, 0.2) is 0 Å². The van der Waals surface area contributed by atoms with E-state index in [1.54, 1.807) is 14.2 Å². The highest BCUT2D eigenvalue weighted by atomic mass is 16.5. The normalized spacial score (nSPS) is 38.9. The van der Waals surface area contributed by atoms with Gasteiger partial charge in [0.25, 0.3) is 0 Å². The molecule has 96 valence electrons. The average Bonchev–Trinajstić information content (AvgIpc) is 3.12. The third-order valence-electron chi connectivity index (χ3n) is 5.76. The molecule has 1 aromatic carbocycles. The van der Waals surface area contributed by atoms with Crippen LogP contribution in [0.1, 0.15) is 49.1 Å². The fraction of sp³-hybridized carbons (Fsp3) is 0.625. The Morgan fingerprint density at radius 3 is 2.39 bits per heavy atom. The summed E-state index contributed by atoms with van der Waals surface area (Å²) in [5.41, 5.74) is 3.48. The first-order valence-electron chi connectivity index (χ1n) is 6.95. The van der Waals surface area contributed by atoms with Gasteiger partial charge in [-0.1, -0.05) is 6.92 Å². The van der Waals surface area contributed by atoms with Gasteiger partial charge in [0.05, 0.1) is 14.2 Å². The molecule has 2 saturated carbocycles. The summed E-state index contributed by atoms with van der Waals surface area (Å²) in [5.74, 6) is 4.44. The van der Waals surface area contributed by atoms with Crippen molar-refractivity contribution in [3.8, 4) is 11.5 Å². The molecule has 4 atom stereocenters. The van der Waals surface area contributed by atoms with E-state index in [9.17, 15) is 0 Å². The molecule has 0 N–H and O–H groups in total. The maximum atomic E-state index is 5.62. The van der Waals surface area contributed by atoms with Gasteiger partial charge in [-0.25, -0.2) is 0 Å². The van der Waals surface area contributed by atoms with Gasteiger partial charge in [-0.3, -0.25) is 0 Å². The smallest absolute Gasteiger partial charge is 0.122 e. The molecule has 0 saturated heterocycles. The molecule has 2 fully saturated rings. The molecule has 4 aliphatic rings. The topological polar surface area (TPSA) is 18.5 Å². The van der Waals surface area contributed by atoms with Crippen molar-refractivity contribution in [2.45, 2.75) is 38.0 Å². The molecule has 0 radical (unpaired) electrons. The average molecular weight is 244 g/mol. The van der Waals surface area contributed by atoms with E-state index < -0.39 is 0 Å². The van der Waals surface area contributed by atoms with E-state index in [1.165, 1.54) is 30.4 Å². The zero-order valence-electron chi connectivity index (χ0n) is 11.3. The number of methoxy groups -OCH3 is 2. The number of ether oxygens (including phenoxy) is 2. The summed E-state index contributed by atoms with van der Waals surface area (Å²) in [7, 11) is 3.58. The SMILES string of the molecule is COc1ccc(OC)c2c1[C@H]1CC[C@H]2[C@]2(C)C[C@@H]12. The van der Waals surface area contributed by atoms with Gasteiger partial charge in [0, 0.05) is 11.1 Å². The summed E-state index contributed by atoms with van der Waals surface area (Å²) in [6.07, 6.45) is 4.05. The van der Waals surface area contributed by atoms with Gasteiger partial charge < -0.3 is 9.47 Å². The highest BCUT2D eigenvalue weighted by Gasteiger charge is 2.65. The van der Waals surface area contributed by atoms with E-state index in [0.29, 0.717) is 17.3 Å². The van der Waals surface area contributed by atoms with Crippen LogP contribution in [0.5, 0.6) is 11.5 Å². The highest BCUT2D eigenvalue weighted by Crippen LogP contribution is 2.76. The van der Waals surface area contributed by atoms with Crippen LogP contribution in [-0.4, -0.2) is 14.2 Å². The Morgan fingerprint density at radius 2 is 1.72 bits per heavy atom. The predicted octanol–water partition coefficient (Wildman–Crippen LogP) is 3.70. The van der Waals surface area contributed by atoms with E-state index >= 15 is 0 Å². The molecule has 0 aliphatic heterocycles. The fourth-order valence-electron chi connectivity index (χ4n) is 4.81. The fourth-order valence-corrected chi connectivity index (χ4v) is 4.81. The van der Waals surface area contributed by atoms with E-state index in [4.69, 9.17) is 9.47 Å². The second-order valence-electron chi connectivity index (χ2n) is 6.35. The molecule has 0 aromatic heterocycles. The van der Waals surface area contributed by atoms with Crippen LogP contribution >= 0.6 is 0 Å². The quantitative estimate of drug-likeness (QED) is 0.789. The zero-order chi connectivity index (χ0) is 12.5. The van der Waals surface area contributed by atoms with E-state index in [0.717, 1.165) is 17.4 Å². The zero-order valence-corrected chi connectivity index (χ0v) is 11.3. The molecule has 2 bridgehead atoms. The molecule has 1 aromatic rings. The Balaban J connectivity index is 1.98. The van der Waals surface area contributed by atoms with Crippen LogP contribution in [0, 0.1) is 11.3 Å². The second-order valence-corrected chi connectivity index (χ2v) is 6.35. The summed E-state index contributed by atoms with van der Waals surface area (Å²) < 4.78 is 11.2. The van der Waals surface area contributed by atoms with Crippen LogP contribution in [0.3, 0.4) is 0 Å². The van der Waals surface area contributed by atoms with Gasteiger partial charge in [-0.05, 0) is 54.6 Å². The maximum Gasteiger partial charge on any atom is 0.122 e. The van der Waals surface area contributed by atoms with Gasteiger partial charge in [0.1, 0.15) is 11.5 Å². The molecule has 4 aliphatic carbocycles. The number of hydrogen-bond donors (Lipinski definition) is 0. The largest absolute Gasteiger partial charge is 0.496 e. The number of benzene rings is 1. The van der Waals surface area contributed by atoms with Crippen LogP contribution in [0.25, 0.3) is 0 Å². The summed E-state index contributed by atoms with van der Waals surface area (Å²) in [6.45, 7) is 2.47. The Labute approximate surface area is 108 Å². The summed E-state index contributed by atoms with van der Waals surface area (Å²) in [4.78, 5) is 0. The number of hydrogen-bond acceptors (Lipinski definition) is 2. The monoisotopic (exact) mass is 244 g/mol. The molecule has 18 heavy (non-hydrogen) atoms. The first-order chi connectivity index (χ1) is 8.70. The predicted molar refractivity (Wildman–Crippen MR) is 70.5 cm³/mol. The maximum absolute atomic E-state index is 5.62. The molecule has 0 heterocycles. The molecular formula is C16H20O2. The van der Waals surface area contributed by atoms with Gasteiger partial charge in [-0.2, -0.15) is 0 Å². The van der Waals surface area contributed by atoms with Crippen molar-refractivity contribution in [3.63, 3.8) is 0 Å². The van der Waals surface area contributed by atoms with Crippen LogP contribution in [0.4, 0.5) is 0 Å². The van der Waals surface area contributed by atoms with Crippen molar-refractivity contribution >= 4 is 0 Å². The Morgan fingerprint density at radius 1 is 1.06 bits per heavy atom. The lowest BCUT2D eigenvalue weighted by atomic mass is 9.61. The summed E-state index contributed by atoms with van der Waals surface area (Å²) >= 11 is 0. The van der Waals surface area contributed by atoms with Crippen LogP contribution in [-0.2, 0) is 0 Å². The van der Waals surface area contributed by atoms with E-state index in [1.807, 2.05) is 0 Å². The highest BCUT2D eigenvalue weighted by molar-refractivity contribution is 5.58. The lowest BCUT2D eigenvalue weighted by molar-refractivity contribution is 0.238. The van der Waals surface area contributed by atoms with Crippen LogP contribution in [0.2, 0.25) is 0 Å². The summed E-state index contributed by atoms with van der Waals surface area (Å²) in [6, 6.07) is 4.16. The lowest BCUT2D eigenvalue weighted by Gasteiger charge is -2.43. The minimum absolute atomic E-state index is 0.551. The van der Waals surface area contributed by atoms with Crippen molar-refractivity contribution in [3.05, 3.63) is 23.3 Å². The number of rotatable bonds is 2. The van der Waals surface area contributed by atoms with Crippen molar-refractivity contribution in [1.82, 2.24) is 0 Å². The second kappa shape index (κ2) is 3.23. The molecule has 2 nitrogen and oxygen atoms in total. The molecule has 0 unspecified atom stereocenters. The van der Waals surface area contributed by atoms with Crippen molar-refractivity contribution in [1.29, 1.82) is 0 Å². The molecule has 2 heteroatoms. The minimum Gasteiger partial charge on any atom is -0.496 e. The third-order valence-corrected chi connectivity index (χ3v) is 5.76. The van der Waals surface area contributed by atoms with Crippen molar-refractivity contribution in [2.24, 2.45) is 11.3 Å². The Bertz CT molecular complexity index is 522. The number of fused-ring (bicyclic) bond motifs is 1. The Hall–Kier alpha value is -1.18. The van der Waals surface area contributed by atoms with Crippen molar-refractivity contribution < 1.29 is 9.47 Å². The van der Waals surface area contributed by atoms with Gasteiger partial charge in [-0.15, -0.1) is 0 Å². The Kier molecular flexibility index (Phi) is 1.92. The lowest BCUT2D eigenvalue weighted by Crippen LogP contribution is -2.30. The van der Waals surface area contributed by atoms with Crippen molar-refractivity contribution in [2.75, 3.05) is 14.2 Å². The standard InChI is InChI=1S/C16H20O2/c1-16-8-11(16)9-4-5-10(16)15-13(18-3)7-6-12(17-2)14(9)15/h6-7,9-11H,4-5,8H2,1-3H3/t9-,10+,11-,16-/m0/s1. The van der Waals surface area contributed by atoms with E-state index in [2.05, 4.69) is 19.1 Å². The minimum atomic E-state index is 0.551. The van der Waals surface area contributed by atoms with Gasteiger partial charge >= 0.3 is 0 Å². The summed E-state index contributed by atoms with van der Waals surface area (Å²) in [5, 5.41) is 0. The molecular weight excluding hydrogens is 224 g/mol. The first-order valence-corrected chi connectivity index (χ1v) is 6.95. The molecule has 0 spiro atoms. The molecule has 0 amide bonds. The van der Waals surface area contributed by atoms with E-state index in [-0.39, 0.29) is 0 Å². The van der Waals surface area contributed by atoms with Crippen LogP contribution in [0.15, 0.2) is 12.1 Å². The first kappa shape index (κ1) is 10.7.